The molecule has 1 heterocycles. The Kier molecular flexibility index (Phi) is 3.76. The van der Waals surface area contributed by atoms with Gasteiger partial charge in [-0.2, -0.15) is 0 Å². The van der Waals surface area contributed by atoms with Crippen LogP contribution in [-0.4, -0.2) is 24.9 Å². The summed E-state index contributed by atoms with van der Waals surface area (Å²) in [6.45, 7) is 2.19. The van der Waals surface area contributed by atoms with Crippen LogP contribution in [0.4, 0.5) is 0 Å². The Bertz CT molecular complexity index is 77.3. The van der Waals surface area contributed by atoms with Gasteiger partial charge in [0, 0.05) is 19.8 Å². The topological polar surface area (TPSA) is 29.5 Å². The average molecular weight is 144 g/mol. The second kappa shape index (κ2) is 4.69. The predicted octanol–water partition coefficient (Wildman–Crippen LogP) is 1.19. The molecule has 10 heavy (non-hydrogen) atoms. The predicted molar refractivity (Wildman–Crippen MR) is 39.9 cm³/mol. The summed E-state index contributed by atoms with van der Waals surface area (Å²) in [4.78, 5) is 0. The van der Waals surface area contributed by atoms with E-state index in [0.29, 0.717) is 6.61 Å². The molecule has 1 fully saturated rings. The zero-order valence-electron chi connectivity index (χ0n) is 6.38. The van der Waals surface area contributed by atoms with E-state index in [-0.39, 0.29) is 0 Å². The monoisotopic (exact) mass is 144 g/mol. The Morgan fingerprint density at radius 2 is 2.40 bits per heavy atom. The van der Waals surface area contributed by atoms with Gasteiger partial charge >= 0.3 is 0 Å². The fraction of sp³-hybridized carbons (Fsp3) is 1.00. The van der Waals surface area contributed by atoms with Crippen LogP contribution < -0.4 is 0 Å². The molecule has 2 heteroatoms. The van der Waals surface area contributed by atoms with E-state index in [4.69, 9.17) is 9.84 Å². The molecular formula is C8H16O2. The number of hydrogen-bond acceptors (Lipinski definition) is 2. The van der Waals surface area contributed by atoms with Crippen molar-refractivity contribution in [3.63, 3.8) is 0 Å². The minimum Gasteiger partial charge on any atom is -0.396 e. The Morgan fingerprint density at radius 3 is 3.00 bits per heavy atom. The van der Waals surface area contributed by atoms with E-state index in [1.807, 2.05) is 0 Å². The first kappa shape index (κ1) is 8.02. The van der Waals surface area contributed by atoms with Gasteiger partial charge in [-0.15, -0.1) is 0 Å². The molecule has 0 bridgehead atoms. The van der Waals surface area contributed by atoms with Gasteiger partial charge in [0.15, 0.2) is 0 Å². The second-order valence-corrected chi connectivity index (χ2v) is 2.95. The third-order valence-corrected chi connectivity index (χ3v) is 2.03. The molecule has 0 aromatic carbocycles. The largest absolute Gasteiger partial charge is 0.396 e. The first-order chi connectivity index (χ1) is 4.93. The van der Waals surface area contributed by atoms with Gasteiger partial charge in [0.25, 0.3) is 0 Å². The minimum atomic E-state index is 0.330. The Labute approximate surface area is 62.2 Å². The van der Waals surface area contributed by atoms with E-state index >= 15 is 0 Å². The summed E-state index contributed by atoms with van der Waals surface area (Å²) in [7, 11) is 0. The first-order valence-corrected chi connectivity index (χ1v) is 4.12. The maximum Gasteiger partial charge on any atom is 0.0494 e. The molecule has 0 saturated carbocycles. The molecule has 1 aliphatic heterocycles. The lowest BCUT2D eigenvalue weighted by molar-refractivity contribution is 0.0491. The van der Waals surface area contributed by atoms with Crippen LogP contribution in [0.3, 0.4) is 0 Å². The summed E-state index contributed by atoms with van der Waals surface area (Å²) >= 11 is 0. The normalized spacial score (nSPS) is 26.7. The van der Waals surface area contributed by atoms with Gasteiger partial charge in [-0.3, -0.25) is 0 Å². The van der Waals surface area contributed by atoms with E-state index in [0.717, 1.165) is 32.0 Å². The zero-order chi connectivity index (χ0) is 7.23. The highest BCUT2D eigenvalue weighted by Gasteiger charge is 2.12. The zero-order valence-corrected chi connectivity index (χ0v) is 6.38. The second-order valence-electron chi connectivity index (χ2n) is 2.95. The summed E-state index contributed by atoms with van der Waals surface area (Å²) in [6, 6.07) is 0. The van der Waals surface area contributed by atoms with E-state index in [1.54, 1.807) is 0 Å². The van der Waals surface area contributed by atoms with Crippen LogP contribution in [0.5, 0.6) is 0 Å². The molecule has 0 spiro atoms. The van der Waals surface area contributed by atoms with Crippen molar-refractivity contribution in [2.75, 3.05) is 19.8 Å². The quantitative estimate of drug-likeness (QED) is 0.644. The molecule has 1 N–H and O–H groups in total. The number of rotatable bonds is 3. The van der Waals surface area contributed by atoms with Gasteiger partial charge in [0.1, 0.15) is 0 Å². The lowest BCUT2D eigenvalue weighted by Crippen LogP contribution is -2.17. The summed E-state index contributed by atoms with van der Waals surface area (Å²) in [6.07, 6.45) is 4.57. The smallest absolute Gasteiger partial charge is 0.0494 e. The van der Waals surface area contributed by atoms with Crippen LogP contribution in [0, 0.1) is 5.92 Å². The fourth-order valence-corrected chi connectivity index (χ4v) is 1.42. The molecule has 0 radical (unpaired) electrons. The summed E-state index contributed by atoms with van der Waals surface area (Å²) in [5.41, 5.74) is 0. The van der Waals surface area contributed by atoms with Gasteiger partial charge in [-0.05, 0) is 31.6 Å². The third-order valence-electron chi connectivity index (χ3n) is 2.03. The van der Waals surface area contributed by atoms with Crippen molar-refractivity contribution in [3.8, 4) is 0 Å². The molecular weight excluding hydrogens is 128 g/mol. The summed E-state index contributed by atoms with van der Waals surface area (Å²) in [5.74, 6) is 0.723. The molecule has 0 aromatic rings. The van der Waals surface area contributed by atoms with Gasteiger partial charge in [-0.1, -0.05) is 0 Å². The van der Waals surface area contributed by atoms with Crippen LogP contribution in [0.2, 0.25) is 0 Å². The number of hydrogen-bond donors (Lipinski definition) is 1. The molecule has 1 aliphatic rings. The fourth-order valence-electron chi connectivity index (χ4n) is 1.42. The van der Waals surface area contributed by atoms with Crippen molar-refractivity contribution in [2.24, 2.45) is 5.92 Å². The van der Waals surface area contributed by atoms with Gasteiger partial charge in [-0.25, -0.2) is 0 Å². The molecule has 0 unspecified atom stereocenters. The van der Waals surface area contributed by atoms with Crippen LogP contribution in [-0.2, 0) is 4.74 Å². The number of ether oxygens (including phenoxy) is 1. The standard InChI is InChI=1S/C8H16O2/c9-5-1-3-8-4-2-6-10-7-8/h8-9H,1-7H2/t8-/m1/s1. The van der Waals surface area contributed by atoms with E-state index < -0.39 is 0 Å². The van der Waals surface area contributed by atoms with Crippen LogP contribution in [0.1, 0.15) is 25.7 Å². The van der Waals surface area contributed by atoms with Crippen LogP contribution >= 0.6 is 0 Å². The van der Waals surface area contributed by atoms with E-state index in [2.05, 4.69) is 0 Å². The SMILES string of the molecule is OCCC[C@@H]1CCCOC1. The Balaban J connectivity index is 2.02. The van der Waals surface area contributed by atoms with Gasteiger partial charge < -0.3 is 9.84 Å². The summed E-state index contributed by atoms with van der Waals surface area (Å²) < 4.78 is 5.30. The van der Waals surface area contributed by atoms with Crippen LogP contribution in [0.25, 0.3) is 0 Å². The first-order valence-electron chi connectivity index (χ1n) is 4.12. The molecule has 0 amide bonds. The van der Waals surface area contributed by atoms with Gasteiger partial charge in [0.05, 0.1) is 0 Å². The number of aliphatic hydroxyl groups is 1. The lowest BCUT2D eigenvalue weighted by atomic mass is 9.97. The van der Waals surface area contributed by atoms with Crippen LogP contribution in [0.15, 0.2) is 0 Å². The van der Waals surface area contributed by atoms with Crippen molar-refractivity contribution in [1.29, 1.82) is 0 Å². The minimum absolute atomic E-state index is 0.330. The van der Waals surface area contributed by atoms with Crippen molar-refractivity contribution in [2.45, 2.75) is 25.7 Å². The lowest BCUT2D eigenvalue weighted by Gasteiger charge is -2.21. The molecule has 1 rings (SSSR count). The van der Waals surface area contributed by atoms with Crippen molar-refractivity contribution >= 4 is 0 Å². The molecule has 1 atom stereocenters. The highest BCUT2D eigenvalue weighted by molar-refractivity contribution is 4.62. The highest BCUT2D eigenvalue weighted by Crippen LogP contribution is 2.17. The Hall–Kier alpha value is -0.0800. The van der Waals surface area contributed by atoms with Crippen molar-refractivity contribution in [1.82, 2.24) is 0 Å². The maximum atomic E-state index is 8.56. The van der Waals surface area contributed by atoms with Crippen molar-refractivity contribution in [3.05, 3.63) is 0 Å². The van der Waals surface area contributed by atoms with Crippen molar-refractivity contribution < 1.29 is 9.84 Å². The molecule has 1 saturated heterocycles. The Morgan fingerprint density at radius 1 is 1.50 bits per heavy atom. The molecule has 0 aliphatic carbocycles. The maximum absolute atomic E-state index is 8.56. The third kappa shape index (κ3) is 2.67. The summed E-state index contributed by atoms with van der Waals surface area (Å²) in [5, 5.41) is 8.56. The van der Waals surface area contributed by atoms with E-state index in [1.165, 1.54) is 12.8 Å². The highest BCUT2D eigenvalue weighted by atomic mass is 16.5. The molecule has 0 aromatic heterocycles. The molecule has 2 nitrogen and oxygen atoms in total. The number of aliphatic hydroxyl groups excluding tert-OH is 1. The molecule has 60 valence electrons. The van der Waals surface area contributed by atoms with Gasteiger partial charge in [0.2, 0.25) is 0 Å². The van der Waals surface area contributed by atoms with E-state index in [9.17, 15) is 0 Å². The average Bonchev–Trinajstić information content (AvgIpc) is 2.03.